The van der Waals surface area contributed by atoms with Crippen LogP contribution < -0.4 is 10.2 Å². The molecular weight excluding hydrogens is 484 g/mol. The fourth-order valence-electron chi connectivity index (χ4n) is 7.23. The van der Waals surface area contributed by atoms with Gasteiger partial charge in [0.15, 0.2) is 0 Å². The van der Waals surface area contributed by atoms with Crippen LogP contribution in [0.3, 0.4) is 0 Å². The Hall–Kier alpha value is -4.51. The molecule has 4 aliphatic rings. The molecule has 39 heavy (non-hydrogen) atoms. The first-order valence-corrected chi connectivity index (χ1v) is 13.4. The molecule has 4 aromatic rings. The van der Waals surface area contributed by atoms with Crippen LogP contribution >= 0.6 is 0 Å². The minimum Gasteiger partial charge on any atom is -0.322 e. The predicted molar refractivity (Wildman–Crippen MR) is 151 cm³/mol. The highest BCUT2D eigenvalue weighted by Crippen LogP contribution is 2.67. The monoisotopic (exact) mass is 512 g/mol. The molecule has 4 aromatic carbocycles. The predicted octanol–water partition coefficient (Wildman–Crippen LogP) is 6.34. The van der Waals surface area contributed by atoms with Crippen LogP contribution in [0.15, 0.2) is 91.0 Å². The van der Waals surface area contributed by atoms with Crippen LogP contribution in [0.2, 0.25) is 0 Å². The summed E-state index contributed by atoms with van der Waals surface area (Å²) in [6.45, 7) is 5.92. The Bertz CT molecular complexity index is 1680. The molecule has 3 aliphatic carbocycles. The minimum atomic E-state index is -0.915. The zero-order chi connectivity index (χ0) is 27.1. The van der Waals surface area contributed by atoms with Crippen molar-refractivity contribution < 1.29 is 14.4 Å². The summed E-state index contributed by atoms with van der Waals surface area (Å²) in [6.07, 6.45) is 0. The van der Waals surface area contributed by atoms with Crippen molar-refractivity contribution in [1.82, 2.24) is 0 Å². The van der Waals surface area contributed by atoms with Crippen molar-refractivity contribution >= 4 is 29.1 Å². The number of anilines is 2. The van der Waals surface area contributed by atoms with Gasteiger partial charge in [-0.3, -0.25) is 14.4 Å². The molecule has 0 spiro atoms. The number of nitrogens with one attached hydrogen (secondary N) is 1. The van der Waals surface area contributed by atoms with E-state index in [1.807, 2.05) is 63.2 Å². The van der Waals surface area contributed by atoms with Crippen LogP contribution in [0.5, 0.6) is 0 Å². The Morgan fingerprint density at radius 1 is 0.795 bits per heavy atom. The van der Waals surface area contributed by atoms with Gasteiger partial charge in [0.2, 0.25) is 11.8 Å². The van der Waals surface area contributed by atoms with Gasteiger partial charge in [0.1, 0.15) is 0 Å². The third-order valence-corrected chi connectivity index (χ3v) is 9.23. The highest BCUT2D eigenvalue weighted by Gasteiger charge is 2.68. The van der Waals surface area contributed by atoms with Gasteiger partial charge in [-0.15, -0.1) is 0 Å². The van der Waals surface area contributed by atoms with Gasteiger partial charge >= 0.3 is 0 Å². The van der Waals surface area contributed by atoms with E-state index in [-0.39, 0.29) is 29.6 Å². The standard InChI is InChI=1S/C34H28N2O3/c1-19-10-8-17-27(20(19)2)35-31(37)21-11-9-12-22(18-21)36-32(38)30-28-23-13-4-6-15-25(23)29(34(30,3)33(36)39)26-16-7-5-14-24(26)28/h4-18,28-30H,1-3H3,(H,35,37)/t28?,29?,30-,34+/m1/s1. The van der Waals surface area contributed by atoms with Crippen LogP contribution in [-0.4, -0.2) is 17.7 Å². The number of carbonyl (C=O) groups is 3. The number of benzene rings is 4. The van der Waals surface area contributed by atoms with Gasteiger partial charge in [-0.05, 0) is 78.4 Å². The largest absolute Gasteiger partial charge is 0.322 e. The highest BCUT2D eigenvalue weighted by atomic mass is 16.2. The second kappa shape index (κ2) is 8.24. The fourth-order valence-corrected chi connectivity index (χ4v) is 7.23. The summed E-state index contributed by atoms with van der Waals surface area (Å²) in [5.41, 5.74) is 7.26. The maximum atomic E-state index is 14.3. The summed E-state index contributed by atoms with van der Waals surface area (Å²) in [5, 5.41) is 2.99. The Morgan fingerprint density at radius 3 is 2.08 bits per heavy atom. The molecule has 3 amide bonds. The number of nitrogens with zero attached hydrogens (tertiary/aromatic N) is 1. The lowest BCUT2D eigenvalue weighted by Gasteiger charge is -2.51. The lowest BCUT2D eigenvalue weighted by Crippen LogP contribution is -2.49. The van der Waals surface area contributed by atoms with Crippen molar-refractivity contribution in [1.29, 1.82) is 0 Å². The topological polar surface area (TPSA) is 66.5 Å². The highest BCUT2D eigenvalue weighted by molar-refractivity contribution is 6.25. The van der Waals surface area contributed by atoms with Crippen LogP contribution in [0.25, 0.3) is 0 Å². The molecule has 192 valence electrons. The van der Waals surface area contributed by atoms with Gasteiger partial charge in [0.05, 0.1) is 17.0 Å². The van der Waals surface area contributed by atoms with Gasteiger partial charge in [-0.1, -0.05) is 66.7 Å². The smallest absolute Gasteiger partial charge is 0.255 e. The molecule has 0 unspecified atom stereocenters. The number of hydrogen-bond acceptors (Lipinski definition) is 3. The molecule has 0 radical (unpaired) electrons. The summed E-state index contributed by atoms with van der Waals surface area (Å²) >= 11 is 0. The zero-order valence-corrected chi connectivity index (χ0v) is 22.1. The number of hydrogen-bond donors (Lipinski definition) is 1. The van der Waals surface area contributed by atoms with Crippen molar-refractivity contribution in [2.75, 3.05) is 10.2 Å². The maximum absolute atomic E-state index is 14.3. The summed E-state index contributed by atoms with van der Waals surface area (Å²) in [7, 11) is 0. The molecule has 5 nitrogen and oxygen atoms in total. The summed E-state index contributed by atoms with van der Waals surface area (Å²) in [4.78, 5) is 43.1. The van der Waals surface area contributed by atoms with E-state index in [2.05, 4.69) is 29.6 Å². The lowest BCUT2D eigenvalue weighted by molar-refractivity contribution is -0.128. The SMILES string of the molecule is Cc1cccc(NC(=O)c2cccc(N3C(=O)[C@H]4C5c6ccccc6C(c6ccccc65)[C@]4(C)C3=O)c2)c1C. The second-order valence-electron chi connectivity index (χ2n) is 11.2. The van der Waals surface area contributed by atoms with Crippen molar-refractivity contribution in [3.05, 3.63) is 130 Å². The second-order valence-corrected chi connectivity index (χ2v) is 11.2. The lowest BCUT2D eigenvalue weighted by atomic mass is 9.48. The molecule has 8 rings (SSSR count). The molecule has 1 saturated heterocycles. The van der Waals surface area contributed by atoms with Gasteiger partial charge in [-0.25, -0.2) is 4.90 Å². The number of carbonyl (C=O) groups excluding carboxylic acids is 3. The van der Waals surface area contributed by atoms with Gasteiger partial charge in [-0.2, -0.15) is 0 Å². The van der Waals surface area contributed by atoms with E-state index >= 15 is 0 Å². The first kappa shape index (κ1) is 23.6. The number of imide groups is 1. The molecular formula is C34H28N2O3. The Balaban J connectivity index is 1.29. The van der Waals surface area contributed by atoms with Gasteiger partial charge in [0.25, 0.3) is 5.91 Å². The Labute approximate surface area is 227 Å². The summed E-state index contributed by atoms with van der Waals surface area (Å²) in [5.74, 6) is -1.60. The average molecular weight is 513 g/mol. The molecule has 1 N–H and O–H groups in total. The summed E-state index contributed by atoms with van der Waals surface area (Å²) < 4.78 is 0. The molecule has 1 fully saturated rings. The van der Waals surface area contributed by atoms with E-state index in [9.17, 15) is 14.4 Å². The van der Waals surface area contributed by atoms with Crippen molar-refractivity contribution in [3.8, 4) is 0 Å². The molecule has 5 heteroatoms. The van der Waals surface area contributed by atoms with Crippen molar-refractivity contribution in [2.45, 2.75) is 32.6 Å². The van der Waals surface area contributed by atoms with Crippen molar-refractivity contribution in [2.24, 2.45) is 11.3 Å². The van der Waals surface area contributed by atoms with Gasteiger partial charge in [0, 0.05) is 23.1 Å². The maximum Gasteiger partial charge on any atom is 0.255 e. The number of amides is 3. The van der Waals surface area contributed by atoms with Crippen molar-refractivity contribution in [3.63, 3.8) is 0 Å². The first-order chi connectivity index (χ1) is 18.8. The number of aryl methyl sites for hydroxylation is 1. The van der Waals surface area contributed by atoms with Crippen LogP contribution in [0.4, 0.5) is 11.4 Å². The van der Waals surface area contributed by atoms with Crippen LogP contribution in [-0.2, 0) is 9.59 Å². The third-order valence-electron chi connectivity index (χ3n) is 9.23. The average Bonchev–Trinajstić information content (AvgIpc) is 3.16. The van der Waals surface area contributed by atoms with E-state index in [0.29, 0.717) is 11.3 Å². The normalized spacial score (nSPS) is 24.3. The Morgan fingerprint density at radius 2 is 1.41 bits per heavy atom. The Kier molecular flexibility index (Phi) is 4.99. The first-order valence-electron chi connectivity index (χ1n) is 13.4. The molecule has 0 saturated carbocycles. The third kappa shape index (κ3) is 3.10. The van der Waals surface area contributed by atoms with Crippen LogP contribution in [0.1, 0.15) is 62.5 Å². The van der Waals surface area contributed by atoms with E-state index < -0.39 is 11.3 Å². The molecule has 1 aliphatic heterocycles. The quantitative estimate of drug-likeness (QED) is 0.326. The zero-order valence-electron chi connectivity index (χ0n) is 22.1. The van der Waals surface area contributed by atoms with Gasteiger partial charge < -0.3 is 5.32 Å². The fraction of sp³-hybridized carbons (Fsp3) is 0.206. The van der Waals surface area contributed by atoms with E-state index in [0.717, 1.165) is 39.1 Å². The van der Waals surface area contributed by atoms with E-state index in [4.69, 9.17) is 0 Å². The minimum absolute atomic E-state index is 0.190. The molecule has 1 heterocycles. The number of rotatable bonds is 3. The van der Waals surface area contributed by atoms with E-state index in [1.165, 1.54) is 4.90 Å². The molecule has 2 bridgehead atoms. The summed E-state index contributed by atoms with van der Waals surface area (Å²) in [6, 6.07) is 29.1. The van der Waals surface area contributed by atoms with Crippen LogP contribution in [0, 0.1) is 25.2 Å². The molecule has 2 atom stereocenters. The molecule has 0 aromatic heterocycles. The van der Waals surface area contributed by atoms with E-state index in [1.54, 1.807) is 24.3 Å².